The number of fused-ring (bicyclic) bond motifs is 1. The molecule has 0 saturated heterocycles. The van der Waals surface area contributed by atoms with E-state index in [1.54, 1.807) is 6.08 Å². The summed E-state index contributed by atoms with van der Waals surface area (Å²) in [6.45, 7) is 12.6. The fraction of sp³-hybridized carbons (Fsp3) is 0.407. The Morgan fingerprint density at radius 2 is 1.91 bits per heavy atom. The number of aromatic nitrogens is 1. The molecule has 1 atom stereocenters. The number of aliphatic carboxylic acids is 1. The zero-order valence-corrected chi connectivity index (χ0v) is 19.9. The van der Waals surface area contributed by atoms with E-state index in [1.807, 2.05) is 43.3 Å². The van der Waals surface area contributed by atoms with E-state index in [1.165, 1.54) is 0 Å². The minimum absolute atomic E-state index is 0.140. The SMILES string of the molecule is C=CCCO[C@@H](Cc1ccc(OCCc2nc(C(C)(C)C)oc2C)c2ccccc12)C(=O)O. The van der Waals surface area contributed by atoms with Crippen LogP contribution < -0.4 is 4.74 Å². The van der Waals surface area contributed by atoms with Crippen molar-refractivity contribution in [2.45, 2.75) is 58.5 Å². The fourth-order valence-electron chi connectivity index (χ4n) is 3.59. The van der Waals surface area contributed by atoms with E-state index in [9.17, 15) is 9.90 Å². The van der Waals surface area contributed by atoms with Gasteiger partial charge in [0.2, 0.25) is 0 Å². The summed E-state index contributed by atoms with van der Waals surface area (Å²) in [4.78, 5) is 16.3. The van der Waals surface area contributed by atoms with Crippen molar-refractivity contribution in [2.75, 3.05) is 13.2 Å². The smallest absolute Gasteiger partial charge is 0.333 e. The molecule has 0 aliphatic rings. The molecule has 6 nitrogen and oxygen atoms in total. The molecule has 0 amide bonds. The van der Waals surface area contributed by atoms with Crippen LogP contribution in [-0.2, 0) is 27.8 Å². The lowest BCUT2D eigenvalue weighted by atomic mass is 9.97. The van der Waals surface area contributed by atoms with Crippen LogP contribution in [-0.4, -0.2) is 35.4 Å². The lowest BCUT2D eigenvalue weighted by molar-refractivity contribution is -0.150. The Hall–Kier alpha value is -3.12. The Morgan fingerprint density at radius 3 is 2.55 bits per heavy atom. The van der Waals surface area contributed by atoms with Crippen molar-refractivity contribution >= 4 is 16.7 Å². The van der Waals surface area contributed by atoms with Crippen LogP contribution in [0.4, 0.5) is 0 Å². The summed E-state index contributed by atoms with van der Waals surface area (Å²) >= 11 is 0. The van der Waals surface area contributed by atoms with Gasteiger partial charge >= 0.3 is 5.97 Å². The molecule has 3 rings (SSSR count). The molecule has 0 saturated carbocycles. The largest absolute Gasteiger partial charge is 0.493 e. The highest BCUT2D eigenvalue weighted by Gasteiger charge is 2.23. The summed E-state index contributed by atoms with van der Waals surface area (Å²) in [6, 6.07) is 11.7. The highest BCUT2D eigenvalue weighted by Crippen LogP contribution is 2.30. The van der Waals surface area contributed by atoms with Gasteiger partial charge in [-0.3, -0.25) is 0 Å². The maximum Gasteiger partial charge on any atom is 0.333 e. The number of hydrogen-bond acceptors (Lipinski definition) is 5. The van der Waals surface area contributed by atoms with Gasteiger partial charge < -0.3 is 19.0 Å². The van der Waals surface area contributed by atoms with Crippen LogP contribution >= 0.6 is 0 Å². The first kappa shape index (κ1) is 24.5. The van der Waals surface area contributed by atoms with Gasteiger partial charge in [0.15, 0.2) is 12.0 Å². The van der Waals surface area contributed by atoms with Crippen LogP contribution in [0.1, 0.15) is 50.1 Å². The standard InChI is InChI=1S/C27H33NO5/c1-6-7-15-31-24(25(29)30)17-19-12-13-23(21-11-9-8-10-20(19)21)32-16-14-22-18(2)33-26(28-22)27(3,4)5/h6,8-13,24H,1,7,14-17H2,2-5H3,(H,29,30)/t24-/m0/s1. The number of hydrogen-bond donors (Lipinski definition) is 1. The van der Waals surface area contributed by atoms with Gasteiger partial charge in [-0.2, -0.15) is 0 Å². The predicted molar refractivity (Wildman–Crippen MR) is 129 cm³/mol. The first-order valence-electron chi connectivity index (χ1n) is 11.3. The molecule has 0 radical (unpaired) electrons. The summed E-state index contributed by atoms with van der Waals surface area (Å²) < 4.78 is 17.5. The van der Waals surface area contributed by atoms with Crippen LogP contribution in [0.25, 0.3) is 10.8 Å². The minimum Gasteiger partial charge on any atom is -0.493 e. The summed E-state index contributed by atoms with van der Waals surface area (Å²) in [6.07, 6.45) is 2.33. The third kappa shape index (κ3) is 6.23. The molecule has 0 spiro atoms. The molecule has 1 aromatic heterocycles. The molecule has 6 heteroatoms. The molecule has 1 N–H and O–H groups in total. The second-order valence-electron chi connectivity index (χ2n) is 9.12. The highest BCUT2D eigenvalue weighted by atomic mass is 16.5. The van der Waals surface area contributed by atoms with E-state index < -0.39 is 12.1 Å². The number of oxazole rings is 1. The first-order valence-corrected chi connectivity index (χ1v) is 11.3. The Kier molecular flexibility index (Phi) is 7.92. The van der Waals surface area contributed by atoms with Crippen molar-refractivity contribution < 1.29 is 23.8 Å². The van der Waals surface area contributed by atoms with Gasteiger partial charge in [-0.1, -0.05) is 57.2 Å². The maximum absolute atomic E-state index is 11.7. The van der Waals surface area contributed by atoms with E-state index >= 15 is 0 Å². The van der Waals surface area contributed by atoms with Gasteiger partial charge in [0.05, 0.1) is 18.9 Å². The van der Waals surface area contributed by atoms with Crippen molar-refractivity contribution in [2.24, 2.45) is 0 Å². The Labute approximate surface area is 195 Å². The molecule has 1 heterocycles. The average Bonchev–Trinajstić information content (AvgIpc) is 3.15. The predicted octanol–water partition coefficient (Wildman–Crippen LogP) is 5.64. The van der Waals surface area contributed by atoms with Gasteiger partial charge in [0.1, 0.15) is 11.5 Å². The Balaban J connectivity index is 1.74. The van der Waals surface area contributed by atoms with Gasteiger partial charge in [-0.15, -0.1) is 6.58 Å². The number of ether oxygens (including phenoxy) is 2. The topological polar surface area (TPSA) is 81.8 Å². The van der Waals surface area contributed by atoms with Crippen molar-refractivity contribution in [3.63, 3.8) is 0 Å². The number of rotatable bonds is 11. The molecule has 33 heavy (non-hydrogen) atoms. The molecule has 3 aromatic rings. The summed E-state index contributed by atoms with van der Waals surface area (Å²) in [7, 11) is 0. The number of carbonyl (C=O) groups is 1. The molecule has 176 valence electrons. The van der Waals surface area contributed by atoms with Crippen molar-refractivity contribution in [1.82, 2.24) is 4.98 Å². The zero-order valence-electron chi connectivity index (χ0n) is 19.9. The van der Waals surface area contributed by atoms with Gasteiger partial charge in [-0.05, 0) is 30.4 Å². The number of carboxylic acid groups (broad SMARTS) is 1. The third-order valence-corrected chi connectivity index (χ3v) is 5.43. The van der Waals surface area contributed by atoms with Gasteiger partial charge in [0, 0.05) is 23.6 Å². The van der Waals surface area contributed by atoms with Crippen molar-refractivity contribution in [3.8, 4) is 5.75 Å². The van der Waals surface area contributed by atoms with Crippen LogP contribution in [0, 0.1) is 6.92 Å². The fourth-order valence-corrected chi connectivity index (χ4v) is 3.59. The average molecular weight is 452 g/mol. The molecule has 0 aliphatic carbocycles. The summed E-state index contributed by atoms with van der Waals surface area (Å²) in [5, 5.41) is 11.5. The quantitative estimate of drug-likeness (QED) is 0.300. The summed E-state index contributed by atoms with van der Waals surface area (Å²) in [5.41, 5.74) is 1.67. The van der Waals surface area contributed by atoms with E-state index in [4.69, 9.17) is 13.9 Å². The molecule has 0 aliphatic heterocycles. The molecule has 2 aromatic carbocycles. The highest BCUT2D eigenvalue weighted by molar-refractivity contribution is 5.91. The van der Waals surface area contributed by atoms with Gasteiger partial charge in [-0.25, -0.2) is 9.78 Å². The second kappa shape index (κ2) is 10.7. The Bertz CT molecular complexity index is 1110. The van der Waals surface area contributed by atoms with E-state index in [0.29, 0.717) is 26.1 Å². The molecule has 0 bridgehead atoms. The summed E-state index contributed by atoms with van der Waals surface area (Å²) in [5.74, 6) is 1.33. The van der Waals surface area contributed by atoms with Crippen LogP contribution in [0.5, 0.6) is 5.75 Å². The number of nitrogens with zero attached hydrogens (tertiary/aromatic N) is 1. The minimum atomic E-state index is -0.971. The monoisotopic (exact) mass is 451 g/mol. The lowest BCUT2D eigenvalue weighted by Gasteiger charge is -2.16. The first-order chi connectivity index (χ1) is 15.7. The number of carboxylic acids is 1. The zero-order chi connectivity index (χ0) is 24.0. The van der Waals surface area contributed by atoms with Crippen LogP contribution in [0.15, 0.2) is 53.5 Å². The van der Waals surface area contributed by atoms with E-state index in [-0.39, 0.29) is 11.8 Å². The third-order valence-electron chi connectivity index (χ3n) is 5.43. The molecule has 0 fully saturated rings. The molecular formula is C27H33NO5. The van der Waals surface area contributed by atoms with Crippen molar-refractivity contribution in [1.29, 1.82) is 0 Å². The van der Waals surface area contributed by atoms with Crippen LogP contribution in [0.2, 0.25) is 0 Å². The van der Waals surface area contributed by atoms with E-state index in [2.05, 4.69) is 32.3 Å². The molecular weight excluding hydrogens is 418 g/mol. The lowest BCUT2D eigenvalue weighted by Crippen LogP contribution is -2.26. The van der Waals surface area contributed by atoms with Crippen molar-refractivity contribution in [3.05, 3.63) is 72.0 Å². The van der Waals surface area contributed by atoms with Crippen LogP contribution in [0.3, 0.4) is 0 Å². The normalized spacial score (nSPS) is 12.6. The molecule has 0 unspecified atom stereocenters. The van der Waals surface area contributed by atoms with E-state index in [0.717, 1.165) is 39.4 Å². The second-order valence-corrected chi connectivity index (χ2v) is 9.12. The number of aryl methyl sites for hydroxylation is 1. The number of benzene rings is 2. The Morgan fingerprint density at radius 1 is 1.18 bits per heavy atom. The maximum atomic E-state index is 11.7. The van der Waals surface area contributed by atoms with Gasteiger partial charge in [0.25, 0.3) is 0 Å².